The van der Waals surface area contributed by atoms with Crippen LogP contribution in [0.3, 0.4) is 0 Å². The molecule has 0 radical (unpaired) electrons. The fourth-order valence-electron chi connectivity index (χ4n) is 1.40. The molecule has 0 aliphatic heterocycles. The smallest absolute Gasteiger partial charge is 0.317 e. The minimum absolute atomic E-state index is 0.0566. The Kier molecular flexibility index (Phi) is 3.31. The van der Waals surface area contributed by atoms with E-state index >= 15 is 0 Å². The topological polar surface area (TPSA) is 55.0 Å². The number of aromatic amines is 1. The van der Waals surface area contributed by atoms with Crippen LogP contribution in [0.2, 0.25) is 5.02 Å². The summed E-state index contributed by atoms with van der Waals surface area (Å²) in [4.78, 5) is 18.0. The lowest BCUT2D eigenvalue weighted by Crippen LogP contribution is -1.96. The normalized spacial score (nSPS) is 9.76. The maximum atomic E-state index is 10.9. The quantitative estimate of drug-likeness (QED) is 0.621. The summed E-state index contributed by atoms with van der Waals surface area (Å²) in [5.41, 5.74) is 1.40. The zero-order chi connectivity index (χ0) is 12.3. The van der Waals surface area contributed by atoms with E-state index in [0.717, 1.165) is 10.9 Å². The second-order valence-electron chi connectivity index (χ2n) is 3.27. The van der Waals surface area contributed by atoms with Gasteiger partial charge in [-0.25, -0.2) is 4.98 Å². The highest BCUT2D eigenvalue weighted by molar-refractivity contribution is 6.35. The molecular weight excluding hydrogens is 240 g/mol. The summed E-state index contributed by atoms with van der Waals surface area (Å²) in [5, 5.41) is 1.35. The van der Waals surface area contributed by atoms with Gasteiger partial charge in [0.1, 0.15) is 12.1 Å². The summed E-state index contributed by atoms with van der Waals surface area (Å²) in [6.45, 7) is 0. The van der Waals surface area contributed by atoms with Gasteiger partial charge in [0, 0.05) is 12.4 Å². The standard InChI is InChI=1S/C12H9ClN2O2/c1-17-10(16)4-2-3-8-7-15-12-11(8)9(13)5-6-14-12/h5-7H,4H2,1H3,(H,14,15). The first kappa shape index (κ1) is 11.5. The van der Waals surface area contributed by atoms with Gasteiger partial charge < -0.3 is 9.72 Å². The molecule has 0 saturated heterocycles. The highest BCUT2D eigenvalue weighted by Crippen LogP contribution is 2.23. The van der Waals surface area contributed by atoms with Crippen molar-refractivity contribution in [3.63, 3.8) is 0 Å². The van der Waals surface area contributed by atoms with Crippen molar-refractivity contribution >= 4 is 28.6 Å². The van der Waals surface area contributed by atoms with E-state index in [0.29, 0.717) is 10.7 Å². The largest absolute Gasteiger partial charge is 0.468 e. The summed E-state index contributed by atoms with van der Waals surface area (Å²) >= 11 is 6.05. The van der Waals surface area contributed by atoms with Crippen molar-refractivity contribution in [3.05, 3.63) is 29.0 Å². The van der Waals surface area contributed by atoms with Crippen molar-refractivity contribution in [2.75, 3.05) is 7.11 Å². The van der Waals surface area contributed by atoms with Crippen LogP contribution in [0, 0.1) is 11.8 Å². The lowest BCUT2D eigenvalue weighted by Gasteiger charge is -1.93. The van der Waals surface area contributed by atoms with Crippen molar-refractivity contribution in [3.8, 4) is 11.8 Å². The number of carbonyl (C=O) groups excluding carboxylic acids is 1. The van der Waals surface area contributed by atoms with Crippen LogP contribution in [-0.2, 0) is 9.53 Å². The van der Waals surface area contributed by atoms with E-state index in [2.05, 4.69) is 26.5 Å². The number of fused-ring (bicyclic) bond motifs is 1. The van der Waals surface area contributed by atoms with Gasteiger partial charge in [0.2, 0.25) is 0 Å². The maximum absolute atomic E-state index is 10.9. The van der Waals surface area contributed by atoms with Crippen molar-refractivity contribution < 1.29 is 9.53 Å². The van der Waals surface area contributed by atoms with Gasteiger partial charge in [-0.1, -0.05) is 23.4 Å². The molecule has 2 aromatic heterocycles. The first-order chi connectivity index (χ1) is 8.22. The third-order valence-corrected chi connectivity index (χ3v) is 2.52. The maximum Gasteiger partial charge on any atom is 0.317 e. The van der Waals surface area contributed by atoms with Gasteiger partial charge in [0.05, 0.1) is 23.1 Å². The molecule has 0 aromatic carbocycles. The second kappa shape index (κ2) is 4.89. The van der Waals surface area contributed by atoms with E-state index < -0.39 is 0 Å². The van der Waals surface area contributed by atoms with Crippen molar-refractivity contribution in [2.45, 2.75) is 6.42 Å². The summed E-state index contributed by atoms with van der Waals surface area (Å²) < 4.78 is 4.49. The number of nitrogens with zero attached hydrogens (tertiary/aromatic N) is 1. The lowest BCUT2D eigenvalue weighted by molar-refractivity contribution is -0.139. The third-order valence-electron chi connectivity index (χ3n) is 2.21. The molecule has 4 nitrogen and oxygen atoms in total. The number of halogens is 1. The molecule has 2 rings (SSSR count). The number of esters is 1. The van der Waals surface area contributed by atoms with Crippen LogP contribution < -0.4 is 0 Å². The number of methoxy groups -OCH3 is 1. The number of carbonyl (C=O) groups is 1. The number of H-pyrrole nitrogens is 1. The van der Waals surface area contributed by atoms with Crippen LogP contribution in [0.4, 0.5) is 0 Å². The van der Waals surface area contributed by atoms with Gasteiger partial charge >= 0.3 is 5.97 Å². The van der Waals surface area contributed by atoms with Crippen LogP contribution >= 0.6 is 11.6 Å². The monoisotopic (exact) mass is 248 g/mol. The van der Waals surface area contributed by atoms with Crippen molar-refractivity contribution in [1.29, 1.82) is 0 Å². The number of hydrogen-bond donors (Lipinski definition) is 1. The summed E-state index contributed by atoms with van der Waals surface area (Å²) in [6.07, 6.45) is 3.39. The first-order valence-electron chi connectivity index (χ1n) is 4.89. The van der Waals surface area contributed by atoms with E-state index in [-0.39, 0.29) is 12.4 Å². The molecule has 86 valence electrons. The molecule has 0 aliphatic rings. The average Bonchev–Trinajstić information content (AvgIpc) is 2.74. The zero-order valence-electron chi connectivity index (χ0n) is 9.08. The Hall–Kier alpha value is -1.99. The summed E-state index contributed by atoms with van der Waals surface area (Å²) in [6, 6.07) is 1.70. The molecule has 0 aliphatic carbocycles. The van der Waals surface area contributed by atoms with Gasteiger partial charge in [-0.15, -0.1) is 0 Å². The molecule has 0 atom stereocenters. The van der Waals surface area contributed by atoms with Crippen LogP contribution in [0.25, 0.3) is 11.0 Å². The van der Waals surface area contributed by atoms with Crippen LogP contribution in [0.15, 0.2) is 18.5 Å². The molecule has 0 amide bonds. The fraction of sp³-hybridized carbons (Fsp3) is 0.167. The van der Waals surface area contributed by atoms with Gasteiger partial charge in [-0.05, 0) is 6.07 Å². The zero-order valence-corrected chi connectivity index (χ0v) is 9.84. The van der Waals surface area contributed by atoms with Crippen molar-refractivity contribution in [2.24, 2.45) is 0 Å². The molecular formula is C12H9ClN2O2. The predicted molar refractivity (Wildman–Crippen MR) is 64.6 cm³/mol. The van der Waals surface area contributed by atoms with E-state index in [1.165, 1.54) is 7.11 Å². The summed E-state index contributed by atoms with van der Waals surface area (Å²) in [5.74, 6) is 5.23. The number of hydrogen-bond acceptors (Lipinski definition) is 3. The Morgan fingerprint density at radius 3 is 3.24 bits per heavy atom. The minimum Gasteiger partial charge on any atom is -0.468 e. The summed E-state index contributed by atoms with van der Waals surface area (Å²) in [7, 11) is 1.33. The highest BCUT2D eigenvalue weighted by atomic mass is 35.5. The molecule has 2 heterocycles. The lowest BCUT2D eigenvalue weighted by atomic mass is 10.2. The Balaban J connectivity index is 2.33. The Morgan fingerprint density at radius 1 is 1.65 bits per heavy atom. The number of ether oxygens (including phenoxy) is 1. The Morgan fingerprint density at radius 2 is 2.47 bits per heavy atom. The molecule has 0 fully saturated rings. The molecule has 17 heavy (non-hydrogen) atoms. The van der Waals surface area contributed by atoms with E-state index in [1.807, 2.05) is 0 Å². The first-order valence-corrected chi connectivity index (χ1v) is 5.27. The van der Waals surface area contributed by atoms with Gasteiger partial charge in [-0.2, -0.15) is 0 Å². The van der Waals surface area contributed by atoms with Gasteiger partial charge in [-0.3, -0.25) is 4.79 Å². The SMILES string of the molecule is COC(=O)CC#Cc1c[nH]c2nccc(Cl)c12. The number of aromatic nitrogens is 2. The molecule has 0 spiro atoms. The molecule has 0 bridgehead atoms. The molecule has 2 aromatic rings. The predicted octanol–water partition coefficient (Wildman–Crippen LogP) is 2.13. The van der Waals surface area contributed by atoms with Crippen LogP contribution in [0.5, 0.6) is 0 Å². The highest BCUT2D eigenvalue weighted by Gasteiger charge is 2.06. The second-order valence-corrected chi connectivity index (χ2v) is 3.68. The van der Waals surface area contributed by atoms with E-state index in [1.54, 1.807) is 18.5 Å². The van der Waals surface area contributed by atoms with E-state index in [9.17, 15) is 4.79 Å². The Labute approximate surface area is 103 Å². The number of nitrogens with one attached hydrogen (secondary N) is 1. The van der Waals surface area contributed by atoms with Crippen molar-refractivity contribution in [1.82, 2.24) is 9.97 Å². The molecule has 5 heteroatoms. The van der Waals surface area contributed by atoms with Gasteiger partial charge in [0.15, 0.2) is 0 Å². The van der Waals surface area contributed by atoms with E-state index in [4.69, 9.17) is 11.6 Å². The number of rotatable bonds is 1. The Bertz CT molecular complexity index is 622. The van der Waals surface area contributed by atoms with Crippen LogP contribution in [-0.4, -0.2) is 23.0 Å². The molecule has 0 saturated carbocycles. The number of pyridine rings is 1. The minimum atomic E-state index is -0.360. The fourth-order valence-corrected chi connectivity index (χ4v) is 1.65. The van der Waals surface area contributed by atoms with Gasteiger partial charge in [0.25, 0.3) is 0 Å². The van der Waals surface area contributed by atoms with Crippen LogP contribution in [0.1, 0.15) is 12.0 Å². The molecule has 0 unspecified atom stereocenters. The average molecular weight is 249 g/mol. The third kappa shape index (κ3) is 2.40. The molecule has 1 N–H and O–H groups in total.